The van der Waals surface area contributed by atoms with Crippen molar-refractivity contribution in [1.29, 1.82) is 0 Å². The maximum atomic E-state index is 13.1. The Bertz CT molecular complexity index is 1720. The lowest BCUT2D eigenvalue weighted by Gasteiger charge is -2.20. The number of aryl methyl sites for hydroxylation is 3. The Morgan fingerprint density at radius 3 is 2.35 bits per heavy atom. The fourth-order valence-electron chi connectivity index (χ4n) is 5.45. The van der Waals surface area contributed by atoms with Crippen LogP contribution in [0, 0.1) is 13.8 Å². The first-order valence-electron chi connectivity index (χ1n) is 12.3. The fraction of sp³-hybridized carbons (Fsp3) is 0.161. The van der Waals surface area contributed by atoms with Crippen molar-refractivity contribution in [2.75, 3.05) is 4.72 Å². The highest BCUT2D eigenvalue weighted by molar-refractivity contribution is 7.92. The van der Waals surface area contributed by atoms with Crippen molar-refractivity contribution in [3.05, 3.63) is 125 Å². The van der Waals surface area contributed by atoms with Gasteiger partial charge < -0.3 is 9.30 Å². The van der Waals surface area contributed by atoms with Crippen LogP contribution in [0.2, 0.25) is 0 Å². The van der Waals surface area contributed by atoms with Crippen LogP contribution in [0.1, 0.15) is 39.8 Å². The molecule has 1 aliphatic rings. The number of rotatable bonds is 5. The van der Waals surface area contributed by atoms with Crippen LogP contribution >= 0.6 is 0 Å². The molecule has 0 amide bonds. The van der Waals surface area contributed by atoms with E-state index in [1.54, 1.807) is 30.3 Å². The van der Waals surface area contributed by atoms with Crippen LogP contribution in [0.15, 0.2) is 102 Å². The summed E-state index contributed by atoms with van der Waals surface area (Å²) in [5, 5.41) is 1.17. The monoisotopic (exact) mass is 508 g/mol. The molecule has 1 N–H and O–H groups in total. The molecule has 2 atom stereocenters. The predicted octanol–water partition coefficient (Wildman–Crippen LogP) is 6.86. The Morgan fingerprint density at radius 1 is 0.838 bits per heavy atom. The molecule has 0 unspecified atom stereocenters. The maximum absolute atomic E-state index is 13.1. The van der Waals surface area contributed by atoms with Crippen LogP contribution in [-0.4, -0.2) is 13.0 Å². The summed E-state index contributed by atoms with van der Waals surface area (Å²) in [7, 11) is -1.65. The smallest absolute Gasteiger partial charge is 0.261 e. The summed E-state index contributed by atoms with van der Waals surface area (Å²) in [5.74, 6) is 0.674. The SMILES string of the molecule is Cc1ccc(S(=O)(=O)Nc2ccc3c(c2)[C@H](c2ccccc2)[C@@H](c2cn(C)c4c(C)cccc24)O3)cc1. The number of benzene rings is 4. The summed E-state index contributed by atoms with van der Waals surface area (Å²) in [4.78, 5) is 0.235. The number of ether oxygens (including phenoxy) is 1. The molecule has 37 heavy (non-hydrogen) atoms. The third kappa shape index (κ3) is 4.07. The molecule has 0 bridgehead atoms. The minimum atomic E-state index is -3.72. The van der Waals surface area contributed by atoms with E-state index < -0.39 is 10.0 Å². The van der Waals surface area contributed by atoms with Crippen molar-refractivity contribution < 1.29 is 13.2 Å². The van der Waals surface area contributed by atoms with Gasteiger partial charge in [0.1, 0.15) is 11.9 Å². The standard InChI is InChI=1S/C31H28N2O3S/c1-20-12-15-24(16-13-20)37(34,35)32-23-14-17-28-26(18-23)29(22-9-5-4-6-10-22)31(36-28)27-19-33(3)30-21(2)8-7-11-25(27)30/h4-19,29,31-32H,1-3H3/t29-,31+/m0/s1. The molecule has 4 aromatic carbocycles. The van der Waals surface area contributed by atoms with Gasteiger partial charge in [-0.3, -0.25) is 4.72 Å². The van der Waals surface area contributed by atoms with Crippen molar-refractivity contribution in [3.63, 3.8) is 0 Å². The summed E-state index contributed by atoms with van der Waals surface area (Å²) in [6, 6.07) is 29.0. The number of hydrogen-bond donors (Lipinski definition) is 1. The van der Waals surface area contributed by atoms with E-state index in [0.29, 0.717) is 5.69 Å². The van der Waals surface area contributed by atoms with Crippen LogP contribution in [0.5, 0.6) is 5.75 Å². The minimum absolute atomic E-state index is 0.0915. The highest BCUT2D eigenvalue weighted by Crippen LogP contribution is 2.51. The number of nitrogens with zero attached hydrogens (tertiary/aromatic N) is 1. The number of nitrogens with one attached hydrogen (secondary N) is 1. The van der Waals surface area contributed by atoms with Gasteiger partial charge in [0.15, 0.2) is 0 Å². The quantitative estimate of drug-likeness (QED) is 0.282. The van der Waals surface area contributed by atoms with E-state index in [2.05, 4.69) is 59.8 Å². The van der Waals surface area contributed by atoms with Gasteiger partial charge in [-0.05, 0) is 55.3 Å². The van der Waals surface area contributed by atoms with Gasteiger partial charge in [0.25, 0.3) is 10.0 Å². The van der Waals surface area contributed by atoms with E-state index in [-0.39, 0.29) is 16.9 Å². The van der Waals surface area contributed by atoms with Gasteiger partial charge in [-0.25, -0.2) is 8.42 Å². The third-order valence-corrected chi connectivity index (χ3v) is 8.58. The zero-order valence-electron chi connectivity index (χ0n) is 21.0. The second-order valence-electron chi connectivity index (χ2n) is 9.76. The Balaban J connectivity index is 1.44. The van der Waals surface area contributed by atoms with E-state index in [1.807, 2.05) is 37.3 Å². The predicted molar refractivity (Wildman–Crippen MR) is 148 cm³/mol. The molecule has 0 radical (unpaired) electrons. The molecule has 6 rings (SSSR count). The van der Waals surface area contributed by atoms with Crippen molar-refractivity contribution in [2.45, 2.75) is 30.8 Å². The molecule has 5 nitrogen and oxygen atoms in total. The number of hydrogen-bond acceptors (Lipinski definition) is 3. The summed E-state index contributed by atoms with van der Waals surface area (Å²) in [6.45, 7) is 4.05. The molecular weight excluding hydrogens is 480 g/mol. The van der Waals surface area contributed by atoms with E-state index in [1.165, 1.54) is 16.5 Å². The van der Waals surface area contributed by atoms with Gasteiger partial charge in [0.2, 0.25) is 0 Å². The van der Waals surface area contributed by atoms with Crippen LogP contribution in [0.3, 0.4) is 0 Å². The summed E-state index contributed by atoms with van der Waals surface area (Å²) in [6.07, 6.45) is 1.91. The maximum Gasteiger partial charge on any atom is 0.261 e. The number of fused-ring (bicyclic) bond motifs is 2. The number of sulfonamides is 1. The molecule has 0 saturated heterocycles. The highest BCUT2D eigenvalue weighted by atomic mass is 32.2. The molecule has 5 aromatic rings. The van der Waals surface area contributed by atoms with E-state index >= 15 is 0 Å². The summed E-state index contributed by atoms with van der Waals surface area (Å²) < 4.78 is 37.7. The Labute approximate surface area is 217 Å². The second-order valence-corrected chi connectivity index (χ2v) is 11.4. The van der Waals surface area contributed by atoms with Gasteiger partial charge in [0, 0.05) is 35.4 Å². The van der Waals surface area contributed by atoms with Gasteiger partial charge in [-0.15, -0.1) is 0 Å². The lowest BCUT2D eigenvalue weighted by molar-refractivity contribution is 0.224. The first kappa shape index (κ1) is 23.4. The van der Waals surface area contributed by atoms with Gasteiger partial charge in [-0.1, -0.05) is 66.2 Å². The molecule has 2 heterocycles. The van der Waals surface area contributed by atoms with Gasteiger partial charge in [-0.2, -0.15) is 0 Å². The highest BCUT2D eigenvalue weighted by Gasteiger charge is 2.38. The van der Waals surface area contributed by atoms with E-state index in [9.17, 15) is 8.42 Å². The minimum Gasteiger partial charge on any atom is -0.484 e. The fourth-order valence-corrected chi connectivity index (χ4v) is 6.50. The van der Waals surface area contributed by atoms with Crippen LogP contribution in [0.4, 0.5) is 5.69 Å². The average Bonchev–Trinajstić information content (AvgIpc) is 3.42. The molecule has 0 fully saturated rings. The lowest BCUT2D eigenvalue weighted by Crippen LogP contribution is -2.13. The first-order chi connectivity index (χ1) is 17.8. The summed E-state index contributed by atoms with van der Waals surface area (Å²) in [5.41, 5.74) is 7.13. The van der Waals surface area contributed by atoms with Crippen molar-refractivity contribution in [3.8, 4) is 5.75 Å². The largest absolute Gasteiger partial charge is 0.484 e. The lowest BCUT2D eigenvalue weighted by atomic mass is 9.85. The Hall–Kier alpha value is -4.03. The van der Waals surface area contributed by atoms with Crippen molar-refractivity contribution in [1.82, 2.24) is 4.57 Å². The average molecular weight is 509 g/mol. The van der Waals surface area contributed by atoms with Crippen LogP contribution in [-0.2, 0) is 17.1 Å². The van der Waals surface area contributed by atoms with Crippen molar-refractivity contribution in [2.24, 2.45) is 7.05 Å². The topological polar surface area (TPSA) is 60.3 Å². The zero-order chi connectivity index (χ0) is 25.7. The molecule has 0 aliphatic carbocycles. The van der Waals surface area contributed by atoms with Crippen molar-refractivity contribution >= 4 is 26.6 Å². The molecule has 0 saturated carbocycles. The number of anilines is 1. The van der Waals surface area contributed by atoms with E-state index in [4.69, 9.17) is 4.74 Å². The van der Waals surface area contributed by atoms with Gasteiger partial charge >= 0.3 is 0 Å². The normalized spacial score (nSPS) is 16.9. The molecule has 1 aromatic heterocycles. The second kappa shape index (κ2) is 8.82. The van der Waals surface area contributed by atoms with E-state index in [0.717, 1.165) is 28.0 Å². The molecular formula is C31H28N2O3S. The number of para-hydroxylation sites is 1. The molecule has 186 valence electrons. The Morgan fingerprint density at radius 2 is 1.59 bits per heavy atom. The molecule has 6 heteroatoms. The first-order valence-corrected chi connectivity index (χ1v) is 13.8. The summed E-state index contributed by atoms with van der Waals surface area (Å²) >= 11 is 0. The van der Waals surface area contributed by atoms with Crippen LogP contribution in [0.25, 0.3) is 10.9 Å². The zero-order valence-corrected chi connectivity index (χ0v) is 21.8. The molecule has 0 spiro atoms. The Kier molecular flexibility index (Phi) is 5.57. The third-order valence-electron chi connectivity index (χ3n) is 7.18. The van der Waals surface area contributed by atoms with Gasteiger partial charge in [0.05, 0.1) is 16.3 Å². The molecule has 1 aliphatic heterocycles. The van der Waals surface area contributed by atoms with Crippen LogP contribution < -0.4 is 9.46 Å². The number of aromatic nitrogens is 1.